The molecule has 1 aromatic heterocycles. The molecule has 1 atom stereocenters. The number of aromatic nitrogens is 1. The summed E-state index contributed by atoms with van der Waals surface area (Å²) in [6.07, 6.45) is 3.65. The summed E-state index contributed by atoms with van der Waals surface area (Å²) >= 11 is 4.28. The van der Waals surface area contributed by atoms with Crippen molar-refractivity contribution in [1.29, 1.82) is 0 Å². The van der Waals surface area contributed by atoms with Crippen LogP contribution in [0.2, 0.25) is 0 Å². The molecule has 0 radical (unpaired) electrons. The summed E-state index contributed by atoms with van der Waals surface area (Å²) < 4.78 is 5.28. The van der Waals surface area contributed by atoms with Crippen LogP contribution in [0.3, 0.4) is 0 Å². The lowest BCUT2D eigenvalue weighted by molar-refractivity contribution is -0.117. The molecule has 0 spiro atoms. The number of hydrogen-bond acceptors (Lipinski definition) is 4. The number of amides is 1. The largest absolute Gasteiger partial charge is 0.444 e. The first kappa shape index (κ1) is 12.3. The van der Waals surface area contributed by atoms with E-state index in [2.05, 4.69) is 17.6 Å². The third kappa shape index (κ3) is 2.38. The fraction of sp³-hybridized carbons (Fsp3) is 0.286. The Morgan fingerprint density at radius 3 is 3.05 bits per heavy atom. The van der Waals surface area contributed by atoms with E-state index in [9.17, 15) is 4.79 Å². The summed E-state index contributed by atoms with van der Waals surface area (Å²) in [5, 5.41) is 0. The molecule has 0 aliphatic carbocycles. The van der Waals surface area contributed by atoms with E-state index in [4.69, 9.17) is 4.42 Å². The van der Waals surface area contributed by atoms with Gasteiger partial charge in [-0.25, -0.2) is 4.98 Å². The van der Waals surface area contributed by atoms with Crippen molar-refractivity contribution in [1.82, 2.24) is 4.98 Å². The first-order valence-electron chi connectivity index (χ1n) is 6.18. The molecular weight excluding hydrogens is 260 g/mol. The highest BCUT2D eigenvalue weighted by atomic mass is 32.1. The third-order valence-electron chi connectivity index (χ3n) is 3.34. The molecule has 1 amide bonds. The van der Waals surface area contributed by atoms with Gasteiger partial charge in [0.05, 0.1) is 6.20 Å². The van der Waals surface area contributed by atoms with Gasteiger partial charge in [0.15, 0.2) is 12.2 Å². The van der Waals surface area contributed by atoms with Crippen molar-refractivity contribution < 1.29 is 9.21 Å². The number of anilines is 1. The molecule has 1 aliphatic rings. The standard InChI is InChI=1S/C14H14N2O2S/c17-14-4-10(8-19)7-16(14)12-3-1-2-11(5-12)13-6-15-9-18-13/h1-3,5-6,9-10,19H,4,7-8H2. The lowest BCUT2D eigenvalue weighted by Crippen LogP contribution is -2.24. The van der Waals surface area contributed by atoms with Crippen LogP contribution >= 0.6 is 12.6 Å². The summed E-state index contributed by atoms with van der Waals surface area (Å²) in [5.41, 5.74) is 1.83. The highest BCUT2D eigenvalue weighted by Crippen LogP contribution is 2.29. The van der Waals surface area contributed by atoms with Crippen LogP contribution in [0.25, 0.3) is 11.3 Å². The molecule has 2 aromatic rings. The molecule has 1 fully saturated rings. The van der Waals surface area contributed by atoms with Gasteiger partial charge in [-0.05, 0) is 23.8 Å². The van der Waals surface area contributed by atoms with Crippen LogP contribution in [0, 0.1) is 5.92 Å². The summed E-state index contributed by atoms with van der Waals surface area (Å²) in [5.74, 6) is 1.95. The molecule has 5 heteroatoms. The van der Waals surface area contributed by atoms with E-state index >= 15 is 0 Å². The Balaban J connectivity index is 1.90. The maximum absolute atomic E-state index is 12.0. The van der Waals surface area contributed by atoms with E-state index in [1.807, 2.05) is 29.2 Å². The van der Waals surface area contributed by atoms with E-state index < -0.39 is 0 Å². The van der Waals surface area contributed by atoms with E-state index in [1.165, 1.54) is 6.39 Å². The van der Waals surface area contributed by atoms with Gasteiger partial charge in [0.25, 0.3) is 0 Å². The van der Waals surface area contributed by atoms with Crippen molar-refractivity contribution in [2.75, 3.05) is 17.2 Å². The van der Waals surface area contributed by atoms with Crippen molar-refractivity contribution in [3.05, 3.63) is 36.9 Å². The average Bonchev–Trinajstić information content (AvgIpc) is 3.08. The SMILES string of the molecule is O=C1CC(CS)CN1c1cccc(-c2cnco2)c1. The lowest BCUT2D eigenvalue weighted by Gasteiger charge is -2.17. The summed E-state index contributed by atoms with van der Waals surface area (Å²) in [6, 6.07) is 7.77. The van der Waals surface area contributed by atoms with Crippen molar-refractivity contribution >= 4 is 24.2 Å². The monoisotopic (exact) mass is 274 g/mol. The zero-order chi connectivity index (χ0) is 13.2. The molecule has 19 heavy (non-hydrogen) atoms. The Labute approximate surface area is 116 Å². The zero-order valence-corrected chi connectivity index (χ0v) is 11.2. The quantitative estimate of drug-likeness (QED) is 0.875. The van der Waals surface area contributed by atoms with Crippen LogP contribution in [-0.4, -0.2) is 23.2 Å². The van der Waals surface area contributed by atoms with Crippen LogP contribution in [0.5, 0.6) is 0 Å². The topological polar surface area (TPSA) is 46.3 Å². The summed E-state index contributed by atoms with van der Waals surface area (Å²) in [4.78, 5) is 17.7. The van der Waals surface area contributed by atoms with Gasteiger partial charge >= 0.3 is 0 Å². The van der Waals surface area contributed by atoms with E-state index in [0.29, 0.717) is 18.1 Å². The van der Waals surface area contributed by atoms with Crippen LogP contribution in [0.1, 0.15) is 6.42 Å². The second-order valence-corrected chi connectivity index (χ2v) is 5.04. The van der Waals surface area contributed by atoms with Gasteiger partial charge in [-0.1, -0.05) is 12.1 Å². The molecular formula is C14H14N2O2S. The van der Waals surface area contributed by atoms with E-state index in [0.717, 1.165) is 23.5 Å². The van der Waals surface area contributed by atoms with Gasteiger partial charge in [-0.3, -0.25) is 4.79 Å². The Bertz CT molecular complexity index is 583. The van der Waals surface area contributed by atoms with Crippen LogP contribution in [-0.2, 0) is 4.79 Å². The maximum atomic E-state index is 12.0. The minimum Gasteiger partial charge on any atom is -0.444 e. The molecule has 0 N–H and O–H groups in total. The highest BCUT2D eigenvalue weighted by Gasteiger charge is 2.29. The summed E-state index contributed by atoms with van der Waals surface area (Å²) in [6.45, 7) is 0.738. The number of carbonyl (C=O) groups excluding carboxylic acids is 1. The Morgan fingerprint density at radius 2 is 2.37 bits per heavy atom. The number of carbonyl (C=O) groups is 1. The van der Waals surface area contributed by atoms with Crippen molar-refractivity contribution in [3.8, 4) is 11.3 Å². The number of nitrogens with zero attached hydrogens (tertiary/aromatic N) is 2. The number of oxazole rings is 1. The lowest BCUT2D eigenvalue weighted by atomic mass is 10.1. The van der Waals surface area contributed by atoms with Crippen LogP contribution in [0.15, 0.2) is 41.3 Å². The number of benzene rings is 1. The number of hydrogen-bond donors (Lipinski definition) is 1. The van der Waals surface area contributed by atoms with Gasteiger partial charge < -0.3 is 9.32 Å². The molecule has 2 heterocycles. The Kier molecular flexibility index (Phi) is 3.29. The molecule has 4 nitrogen and oxygen atoms in total. The average molecular weight is 274 g/mol. The number of rotatable bonds is 3. The zero-order valence-electron chi connectivity index (χ0n) is 10.3. The Hall–Kier alpha value is -1.75. The molecule has 3 rings (SSSR count). The minimum atomic E-state index is 0.161. The highest BCUT2D eigenvalue weighted by molar-refractivity contribution is 7.80. The fourth-order valence-corrected chi connectivity index (χ4v) is 2.58. The van der Waals surface area contributed by atoms with Crippen LogP contribution in [0.4, 0.5) is 5.69 Å². The second-order valence-electron chi connectivity index (χ2n) is 4.67. The van der Waals surface area contributed by atoms with Gasteiger partial charge in [0.1, 0.15) is 0 Å². The fourth-order valence-electron chi connectivity index (χ4n) is 2.34. The number of thiol groups is 1. The normalized spacial score (nSPS) is 19.1. The molecule has 0 bridgehead atoms. The third-order valence-corrected chi connectivity index (χ3v) is 3.85. The van der Waals surface area contributed by atoms with Gasteiger partial charge in [0.2, 0.25) is 5.91 Å². The van der Waals surface area contributed by atoms with Gasteiger partial charge in [-0.15, -0.1) is 0 Å². The van der Waals surface area contributed by atoms with Crippen molar-refractivity contribution in [3.63, 3.8) is 0 Å². The van der Waals surface area contributed by atoms with Crippen LogP contribution < -0.4 is 4.90 Å². The summed E-state index contributed by atoms with van der Waals surface area (Å²) in [7, 11) is 0. The van der Waals surface area contributed by atoms with Crippen molar-refractivity contribution in [2.24, 2.45) is 5.92 Å². The van der Waals surface area contributed by atoms with E-state index in [-0.39, 0.29) is 5.91 Å². The molecule has 98 valence electrons. The van der Waals surface area contributed by atoms with Gasteiger partial charge in [-0.2, -0.15) is 12.6 Å². The molecule has 1 aliphatic heterocycles. The van der Waals surface area contributed by atoms with Gasteiger partial charge in [0, 0.05) is 24.2 Å². The predicted molar refractivity (Wildman–Crippen MR) is 76.3 cm³/mol. The van der Waals surface area contributed by atoms with Crippen molar-refractivity contribution in [2.45, 2.75) is 6.42 Å². The first-order valence-corrected chi connectivity index (χ1v) is 6.81. The smallest absolute Gasteiger partial charge is 0.227 e. The Morgan fingerprint density at radius 1 is 1.47 bits per heavy atom. The molecule has 0 saturated carbocycles. The first-order chi connectivity index (χ1) is 9.28. The van der Waals surface area contributed by atoms with E-state index in [1.54, 1.807) is 6.20 Å². The molecule has 1 aromatic carbocycles. The second kappa shape index (κ2) is 5.09. The molecule has 1 saturated heterocycles. The predicted octanol–water partition coefficient (Wildman–Crippen LogP) is 2.62. The molecule has 1 unspecified atom stereocenters. The minimum absolute atomic E-state index is 0.161. The maximum Gasteiger partial charge on any atom is 0.227 e.